The molecular formula is C12H24N2O3. The van der Waals surface area contributed by atoms with Gasteiger partial charge in [-0.25, -0.2) is 0 Å². The van der Waals surface area contributed by atoms with Gasteiger partial charge in [0.25, 0.3) is 0 Å². The molecule has 5 heteroatoms. The molecule has 0 aromatic rings. The van der Waals surface area contributed by atoms with Crippen LogP contribution in [0.15, 0.2) is 0 Å². The van der Waals surface area contributed by atoms with Crippen LogP contribution >= 0.6 is 0 Å². The minimum Gasteiger partial charge on any atom is -0.481 e. The van der Waals surface area contributed by atoms with Crippen molar-refractivity contribution < 1.29 is 14.7 Å². The van der Waals surface area contributed by atoms with Crippen LogP contribution in [0.4, 0.5) is 0 Å². The first kappa shape index (κ1) is 15.9. The molecule has 100 valence electrons. The van der Waals surface area contributed by atoms with Gasteiger partial charge in [-0.3, -0.25) is 9.59 Å². The third-order valence-corrected chi connectivity index (χ3v) is 2.77. The van der Waals surface area contributed by atoms with Crippen LogP contribution in [0.1, 0.15) is 39.5 Å². The van der Waals surface area contributed by atoms with Crippen molar-refractivity contribution in [2.24, 2.45) is 17.6 Å². The lowest BCUT2D eigenvalue weighted by atomic mass is 10.0. The van der Waals surface area contributed by atoms with Crippen molar-refractivity contribution in [2.75, 3.05) is 13.1 Å². The molecule has 0 rings (SSSR count). The van der Waals surface area contributed by atoms with Crippen LogP contribution in [0.25, 0.3) is 0 Å². The summed E-state index contributed by atoms with van der Waals surface area (Å²) in [7, 11) is 0. The molecule has 0 spiro atoms. The van der Waals surface area contributed by atoms with Crippen molar-refractivity contribution in [1.82, 2.24) is 5.32 Å². The summed E-state index contributed by atoms with van der Waals surface area (Å²) in [6, 6.07) is 0. The molecule has 4 N–H and O–H groups in total. The maximum Gasteiger partial charge on any atom is 0.303 e. The third kappa shape index (κ3) is 7.74. The Morgan fingerprint density at radius 3 is 2.47 bits per heavy atom. The molecule has 5 nitrogen and oxygen atoms in total. The Morgan fingerprint density at radius 1 is 1.35 bits per heavy atom. The fraction of sp³-hybridized carbons (Fsp3) is 0.833. The Balaban J connectivity index is 3.84. The van der Waals surface area contributed by atoms with E-state index in [-0.39, 0.29) is 24.2 Å². The molecule has 0 aliphatic heterocycles. The summed E-state index contributed by atoms with van der Waals surface area (Å²) >= 11 is 0. The molecular weight excluding hydrogens is 220 g/mol. The van der Waals surface area contributed by atoms with Crippen LogP contribution in [0.3, 0.4) is 0 Å². The van der Waals surface area contributed by atoms with Crippen molar-refractivity contribution in [3.8, 4) is 0 Å². The first-order valence-corrected chi connectivity index (χ1v) is 6.20. The highest BCUT2D eigenvalue weighted by Crippen LogP contribution is 2.07. The zero-order valence-corrected chi connectivity index (χ0v) is 10.7. The van der Waals surface area contributed by atoms with Gasteiger partial charge in [-0.05, 0) is 18.8 Å². The lowest BCUT2D eigenvalue weighted by Crippen LogP contribution is -2.37. The molecule has 2 unspecified atom stereocenters. The van der Waals surface area contributed by atoms with Crippen LogP contribution in [0.2, 0.25) is 0 Å². The number of carboxylic acid groups (broad SMARTS) is 1. The Kier molecular flexibility index (Phi) is 8.40. The quantitative estimate of drug-likeness (QED) is 0.563. The molecule has 1 amide bonds. The number of hydrogen-bond acceptors (Lipinski definition) is 3. The zero-order chi connectivity index (χ0) is 13.3. The Labute approximate surface area is 103 Å². The second kappa shape index (κ2) is 8.98. The van der Waals surface area contributed by atoms with E-state index in [1.165, 1.54) is 0 Å². The van der Waals surface area contributed by atoms with Gasteiger partial charge in [0.05, 0.1) is 5.92 Å². The number of carboxylic acids is 1. The summed E-state index contributed by atoms with van der Waals surface area (Å²) < 4.78 is 0. The van der Waals surface area contributed by atoms with E-state index in [4.69, 9.17) is 10.8 Å². The van der Waals surface area contributed by atoms with Crippen molar-refractivity contribution in [3.05, 3.63) is 0 Å². The standard InChI is InChI=1S/C12H24N2O3/c1-3-4-10(7-13)12(17)14-8-9(2)5-6-11(15)16/h9-10H,3-8,13H2,1-2H3,(H,14,17)(H,15,16). The average molecular weight is 244 g/mol. The van der Waals surface area contributed by atoms with E-state index in [1.54, 1.807) is 0 Å². The minimum absolute atomic E-state index is 0.0171. The number of amides is 1. The van der Waals surface area contributed by atoms with Crippen LogP contribution in [0, 0.1) is 11.8 Å². The van der Waals surface area contributed by atoms with E-state index in [1.807, 2.05) is 13.8 Å². The lowest BCUT2D eigenvalue weighted by Gasteiger charge is -2.16. The zero-order valence-electron chi connectivity index (χ0n) is 10.7. The Bertz CT molecular complexity index is 244. The predicted molar refractivity (Wildman–Crippen MR) is 66.5 cm³/mol. The number of rotatable bonds is 9. The van der Waals surface area contributed by atoms with Crippen LogP contribution in [-0.4, -0.2) is 30.1 Å². The third-order valence-electron chi connectivity index (χ3n) is 2.77. The van der Waals surface area contributed by atoms with Gasteiger partial charge in [0, 0.05) is 19.5 Å². The van der Waals surface area contributed by atoms with E-state index < -0.39 is 5.97 Å². The van der Waals surface area contributed by atoms with E-state index in [2.05, 4.69) is 5.32 Å². The van der Waals surface area contributed by atoms with Gasteiger partial charge in [-0.2, -0.15) is 0 Å². The summed E-state index contributed by atoms with van der Waals surface area (Å²) in [5.41, 5.74) is 5.53. The van der Waals surface area contributed by atoms with E-state index in [0.29, 0.717) is 19.5 Å². The van der Waals surface area contributed by atoms with Crippen LogP contribution in [-0.2, 0) is 9.59 Å². The molecule has 0 saturated heterocycles. The van der Waals surface area contributed by atoms with Crippen LogP contribution in [0.5, 0.6) is 0 Å². The monoisotopic (exact) mass is 244 g/mol. The Morgan fingerprint density at radius 2 is 2.00 bits per heavy atom. The van der Waals surface area contributed by atoms with Gasteiger partial charge in [0.2, 0.25) is 5.91 Å². The van der Waals surface area contributed by atoms with Crippen LogP contribution < -0.4 is 11.1 Å². The van der Waals surface area contributed by atoms with E-state index in [9.17, 15) is 9.59 Å². The molecule has 0 aromatic carbocycles. The highest BCUT2D eigenvalue weighted by molar-refractivity contribution is 5.78. The van der Waals surface area contributed by atoms with Crippen molar-refractivity contribution >= 4 is 11.9 Å². The fourth-order valence-electron chi connectivity index (χ4n) is 1.60. The molecule has 0 aromatic heterocycles. The number of nitrogens with one attached hydrogen (secondary N) is 1. The molecule has 0 aliphatic carbocycles. The smallest absolute Gasteiger partial charge is 0.303 e. The molecule has 0 saturated carbocycles. The van der Waals surface area contributed by atoms with Crippen molar-refractivity contribution in [1.29, 1.82) is 0 Å². The number of nitrogens with two attached hydrogens (primary N) is 1. The Hall–Kier alpha value is -1.10. The van der Waals surface area contributed by atoms with Gasteiger partial charge < -0.3 is 16.2 Å². The number of carbonyl (C=O) groups excluding carboxylic acids is 1. The topological polar surface area (TPSA) is 92.4 Å². The predicted octanol–water partition coefficient (Wildman–Crippen LogP) is 0.979. The van der Waals surface area contributed by atoms with Gasteiger partial charge >= 0.3 is 5.97 Å². The molecule has 0 aliphatic rings. The number of hydrogen-bond donors (Lipinski definition) is 3. The first-order chi connectivity index (χ1) is 8.01. The van der Waals surface area contributed by atoms with Gasteiger partial charge in [0.1, 0.15) is 0 Å². The average Bonchev–Trinajstić information content (AvgIpc) is 2.30. The lowest BCUT2D eigenvalue weighted by molar-refractivity contribution is -0.137. The highest BCUT2D eigenvalue weighted by atomic mass is 16.4. The second-order valence-corrected chi connectivity index (χ2v) is 4.50. The summed E-state index contributed by atoms with van der Waals surface area (Å²) in [6.45, 7) is 4.83. The molecule has 17 heavy (non-hydrogen) atoms. The van der Waals surface area contributed by atoms with E-state index in [0.717, 1.165) is 12.8 Å². The summed E-state index contributed by atoms with van der Waals surface area (Å²) in [4.78, 5) is 22.1. The SMILES string of the molecule is CCCC(CN)C(=O)NCC(C)CCC(=O)O. The van der Waals surface area contributed by atoms with E-state index >= 15 is 0 Å². The summed E-state index contributed by atoms with van der Waals surface area (Å²) in [6.07, 6.45) is 2.46. The molecule has 2 atom stereocenters. The minimum atomic E-state index is -0.797. The normalized spacial score (nSPS) is 14.1. The largest absolute Gasteiger partial charge is 0.481 e. The molecule has 0 radical (unpaired) electrons. The number of carbonyl (C=O) groups is 2. The van der Waals surface area contributed by atoms with Crippen molar-refractivity contribution in [3.63, 3.8) is 0 Å². The molecule has 0 fully saturated rings. The maximum atomic E-state index is 11.7. The van der Waals surface area contributed by atoms with Crippen molar-refractivity contribution in [2.45, 2.75) is 39.5 Å². The second-order valence-electron chi connectivity index (χ2n) is 4.50. The molecule has 0 bridgehead atoms. The maximum absolute atomic E-state index is 11.7. The summed E-state index contributed by atoms with van der Waals surface area (Å²) in [5.74, 6) is -0.757. The fourth-order valence-corrected chi connectivity index (χ4v) is 1.60. The first-order valence-electron chi connectivity index (χ1n) is 6.20. The van der Waals surface area contributed by atoms with Gasteiger partial charge in [-0.15, -0.1) is 0 Å². The number of aliphatic carboxylic acids is 1. The summed E-state index contributed by atoms with van der Waals surface area (Å²) in [5, 5.41) is 11.4. The highest BCUT2D eigenvalue weighted by Gasteiger charge is 2.16. The van der Waals surface area contributed by atoms with Gasteiger partial charge in [-0.1, -0.05) is 20.3 Å². The molecule has 0 heterocycles. The van der Waals surface area contributed by atoms with Gasteiger partial charge in [0.15, 0.2) is 0 Å².